The van der Waals surface area contributed by atoms with Gasteiger partial charge in [0.2, 0.25) is 11.0 Å². The largest absolute Gasteiger partial charge is 0.343 e. The zero-order chi connectivity index (χ0) is 17.8. The second kappa shape index (κ2) is 8.68. The zero-order valence-electron chi connectivity index (χ0n) is 15.9. The minimum absolute atomic E-state index is 0.372. The molecule has 0 atom stereocenters. The quantitative estimate of drug-likeness (QED) is 0.790. The van der Waals surface area contributed by atoms with Crippen molar-refractivity contribution in [2.45, 2.75) is 76.5 Å². The minimum Gasteiger partial charge on any atom is -0.343 e. The Bertz CT molecular complexity index is 584. The fourth-order valence-electron chi connectivity index (χ4n) is 4.78. The van der Waals surface area contributed by atoms with E-state index in [1.807, 2.05) is 0 Å². The van der Waals surface area contributed by atoms with Crippen LogP contribution < -0.4 is 4.90 Å². The van der Waals surface area contributed by atoms with E-state index in [0.29, 0.717) is 17.7 Å². The molecule has 144 valence electrons. The van der Waals surface area contributed by atoms with Crippen molar-refractivity contribution < 1.29 is 4.79 Å². The van der Waals surface area contributed by atoms with Crippen LogP contribution in [0.25, 0.3) is 0 Å². The lowest BCUT2D eigenvalue weighted by atomic mass is 9.86. The first kappa shape index (κ1) is 18.2. The Balaban J connectivity index is 1.26. The molecule has 3 aliphatic rings. The van der Waals surface area contributed by atoms with Crippen molar-refractivity contribution in [2.24, 2.45) is 5.92 Å². The zero-order valence-corrected chi connectivity index (χ0v) is 16.7. The van der Waals surface area contributed by atoms with Gasteiger partial charge in [-0.15, -0.1) is 10.2 Å². The van der Waals surface area contributed by atoms with Crippen LogP contribution in [0, 0.1) is 5.92 Å². The lowest BCUT2D eigenvalue weighted by molar-refractivity contribution is -0.132. The van der Waals surface area contributed by atoms with Crippen LogP contribution in [0.15, 0.2) is 0 Å². The number of nitrogens with zero attached hydrogens (tertiary/aromatic N) is 4. The molecule has 26 heavy (non-hydrogen) atoms. The van der Waals surface area contributed by atoms with Gasteiger partial charge in [0.05, 0.1) is 0 Å². The summed E-state index contributed by atoms with van der Waals surface area (Å²) in [6, 6.07) is 0. The predicted molar refractivity (Wildman–Crippen MR) is 106 cm³/mol. The highest BCUT2D eigenvalue weighted by molar-refractivity contribution is 7.15. The summed E-state index contributed by atoms with van der Waals surface area (Å²) in [7, 11) is 0. The molecule has 0 unspecified atom stereocenters. The molecular formula is C20H32N4OS. The van der Waals surface area contributed by atoms with E-state index in [0.717, 1.165) is 37.7 Å². The van der Waals surface area contributed by atoms with Gasteiger partial charge in [-0.25, -0.2) is 0 Å². The van der Waals surface area contributed by atoms with E-state index >= 15 is 0 Å². The average Bonchev–Trinajstić information content (AvgIpc) is 3.20. The molecule has 0 N–H and O–H groups in total. The summed E-state index contributed by atoms with van der Waals surface area (Å²) in [5, 5.41) is 11.3. The topological polar surface area (TPSA) is 49.3 Å². The molecule has 5 nitrogen and oxygen atoms in total. The molecule has 2 aliphatic carbocycles. The molecule has 2 heterocycles. The van der Waals surface area contributed by atoms with E-state index in [1.165, 1.54) is 69.2 Å². The Hall–Kier alpha value is -1.17. The van der Waals surface area contributed by atoms with Gasteiger partial charge in [0.25, 0.3) is 0 Å². The molecule has 1 aromatic heterocycles. The number of anilines is 1. The van der Waals surface area contributed by atoms with Gasteiger partial charge in [-0.05, 0) is 31.6 Å². The molecule has 3 fully saturated rings. The maximum Gasteiger partial charge on any atom is 0.222 e. The molecule has 1 amide bonds. The molecule has 0 radical (unpaired) electrons. The molecule has 1 aromatic rings. The van der Waals surface area contributed by atoms with Crippen LogP contribution in [0.3, 0.4) is 0 Å². The van der Waals surface area contributed by atoms with Crippen LogP contribution in [0.2, 0.25) is 0 Å². The van der Waals surface area contributed by atoms with E-state index in [-0.39, 0.29) is 0 Å². The van der Waals surface area contributed by atoms with Crippen LogP contribution in [-0.2, 0) is 4.79 Å². The van der Waals surface area contributed by atoms with Crippen molar-refractivity contribution in [2.75, 3.05) is 31.1 Å². The molecule has 0 bridgehead atoms. The molecular weight excluding hydrogens is 344 g/mol. The van der Waals surface area contributed by atoms with E-state index in [1.54, 1.807) is 11.3 Å². The first-order valence-corrected chi connectivity index (χ1v) is 11.5. The van der Waals surface area contributed by atoms with Crippen molar-refractivity contribution in [3.8, 4) is 0 Å². The van der Waals surface area contributed by atoms with Crippen molar-refractivity contribution >= 4 is 22.4 Å². The third-order valence-corrected chi connectivity index (χ3v) is 7.62. The second-order valence-electron chi connectivity index (χ2n) is 8.33. The summed E-state index contributed by atoms with van der Waals surface area (Å²) in [5.41, 5.74) is 0. The molecule has 6 heteroatoms. The lowest BCUT2D eigenvalue weighted by Crippen LogP contribution is -2.49. The van der Waals surface area contributed by atoms with E-state index in [2.05, 4.69) is 20.0 Å². The van der Waals surface area contributed by atoms with Gasteiger partial charge < -0.3 is 9.80 Å². The summed E-state index contributed by atoms with van der Waals surface area (Å²) in [4.78, 5) is 17.0. The number of hydrogen-bond acceptors (Lipinski definition) is 5. The Kier molecular flexibility index (Phi) is 6.08. The SMILES string of the molecule is O=C(CC1CCCCC1)N1CCN(c2nnc(C3CCCCC3)s2)CC1. The molecule has 0 spiro atoms. The fourth-order valence-corrected chi connectivity index (χ4v) is 5.85. The van der Waals surface area contributed by atoms with Crippen molar-refractivity contribution in [3.63, 3.8) is 0 Å². The standard InChI is InChI=1S/C20H32N4OS/c25-18(15-16-7-3-1-4-8-16)23-11-13-24(14-12-23)20-22-21-19(26-20)17-9-5-2-6-10-17/h16-17H,1-15H2. The van der Waals surface area contributed by atoms with Gasteiger partial charge in [0.15, 0.2) is 0 Å². The van der Waals surface area contributed by atoms with Crippen molar-refractivity contribution in [3.05, 3.63) is 5.01 Å². The molecule has 4 rings (SSSR count). The Morgan fingerprint density at radius 1 is 0.885 bits per heavy atom. The molecule has 2 saturated carbocycles. The van der Waals surface area contributed by atoms with Gasteiger partial charge in [-0.3, -0.25) is 4.79 Å². The van der Waals surface area contributed by atoms with Crippen LogP contribution in [0.1, 0.15) is 81.6 Å². The minimum atomic E-state index is 0.372. The van der Waals surface area contributed by atoms with Gasteiger partial charge in [-0.1, -0.05) is 49.9 Å². The van der Waals surface area contributed by atoms with Gasteiger partial charge in [-0.2, -0.15) is 0 Å². The summed E-state index contributed by atoms with van der Waals surface area (Å²) < 4.78 is 0. The van der Waals surface area contributed by atoms with Crippen molar-refractivity contribution in [1.82, 2.24) is 15.1 Å². The Morgan fingerprint density at radius 2 is 1.54 bits per heavy atom. The molecule has 1 saturated heterocycles. The number of rotatable bonds is 4. The highest BCUT2D eigenvalue weighted by Crippen LogP contribution is 2.36. The predicted octanol–water partition coefficient (Wildman–Crippen LogP) is 4.20. The summed E-state index contributed by atoms with van der Waals surface area (Å²) >= 11 is 1.78. The molecule has 0 aromatic carbocycles. The number of piperazine rings is 1. The smallest absolute Gasteiger partial charge is 0.222 e. The number of carbonyl (C=O) groups excluding carboxylic acids is 1. The van der Waals surface area contributed by atoms with Crippen LogP contribution in [0.5, 0.6) is 0 Å². The first-order valence-electron chi connectivity index (χ1n) is 10.7. The van der Waals surface area contributed by atoms with Crippen LogP contribution in [-0.4, -0.2) is 47.2 Å². The van der Waals surface area contributed by atoms with Gasteiger partial charge in [0, 0.05) is 38.5 Å². The highest BCUT2D eigenvalue weighted by atomic mass is 32.1. The number of hydrogen-bond donors (Lipinski definition) is 0. The van der Waals surface area contributed by atoms with Crippen molar-refractivity contribution in [1.29, 1.82) is 0 Å². The lowest BCUT2D eigenvalue weighted by Gasteiger charge is -2.35. The maximum atomic E-state index is 12.6. The van der Waals surface area contributed by atoms with Crippen LogP contribution in [0.4, 0.5) is 5.13 Å². The van der Waals surface area contributed by atoms with Gasteiger partial charge in [0.1, 0.15) is 5.01 Å². The average molecular weight is 377 g/mol. The van der Waals surface area contributed by atoms with E-state index in [4.69, 9.17) is 0 Å². The second-order valence-corrected chi connectivity index (χ2v) is 9.32. The third kappa shape index (κ3) is 4.38. The number of amides is 1. The molecule has 1 aliphatic heterocycles. The summed E-state index contributed by atoms with van der Waals surface area (Å²) in [6.45, 7) is 3.47. The number of carbonyl (C=O) groups is 1. The highest BCUT2D eigenvalue weighted by Gasteiger charge is 2.27. The Labute approximate surface area is 161 Å². The maximum absolute atomic E-state index is 12.6. The van der Waals surface area contributed by atoms with E-state index in [9.17, 15) is 4.79 Å². The van der Waals surface area contributed by atoms with Crippen LogP contribution >= 0.6 is 11.3 Å². The third-order valence-electron chi connectivity index (χ3n) is 6.48. The van der Waals surface area contributed by atoms with Gasteiger partial charge >= 0.3 is 0 Å². The first-order chi connectivity index (χ1) is 12.8. The Morgan fingerprint density at radius 3 is 2.23 bits per heavy atom. The fraction of sp³-hybridized carbons (Fsp3) is 0.850. The summed E-state index contributed by atoms with van der Waals surface area (Å²) in [6.07, 6.45) is 13.8. The van der Waals surface area contributed by atoms with E-state index < -0.39 is 0 Å². The monoisotopic (exact) mass is 376 g/mol. The number of aromatic nitrogens is 2. The summed E-state index contributed by atoms with van der Waals surface area (Å²) in [5.74, 6) is 1.64. The normalized spacial score (nSPS) is 23.4.